The largest absolute Gasteiger partial charge is 0.309 e. The Balaban J connectivity index is 1.03. The fraction of sp³-hybridized carbons (Fsp3) is 0.246. The number of fused-ring (bicyclic) bond motifs is 3. The van der Waals surface area contributed by atoms with E-state index in [-0.39, 0.29) is 5.41 Å². The number of allylic oxidation sites excluding steroid dienone is 4. The summed E-state index contributed by atoms with van der Waals surface area (Å²) >= 11 is 0. The van der Waals surface area contributed by atoms with E-state index in [0.29, 0.717) is 5.41 Å². The van der Waals surface area contributed by atoms with E-state index in [1.165, 1.54) is 111 Å². The third-order valence-corrected chi connectivity index (χ3v) is 15.7. The molecule has 1 nitrogen and oxygen atoms in total. The van der Waals surface area contributed by atoms with Crippen molar-refractivity contribution in [1.82, 2.24) is 0 Å². The molecular weight excluding hydrogens is 747 g/mol. The summed E-state index contributed by atoms with van der Waals surface area (Å²) in [7, 11) is 0. The summed E-state index contributed by atoms with van der Waals surface area (Å²) in [5.41, 5.74) is 20.7. The van der Waals surface area contributed by atoms with E-state index in [2.05, 4.69) is 201 Å². The highest BCUT2D eigenvalue weighted by Gasteiger charge is 2.51. The number of hydrogen-bond donors (Lipinski definition) is 0. The molecule has 0 N–H and O–H groups in total. The molecular formula is C61H55N. The van der Waals surface area contributed by atoms with Gasteiger partial charge in [0.15, 0.2) is 0 Å². The van der Waals surface area contributed by atoms with Crippen LogP contribution in [0.1, 0.15) is 87.5 Å². The van der Waals surface area contributed by atoms with E-state index < -0.39 is 0 Å². The molecule has 7 aromatic carbocycles. The summed E-state index contributed by atoms with van der Waals surface area (Å²) in [4.78, 5) is 2.55. The number of anilines is 3. The van der Waals surface area contributed by atoms with Crippen molar-refractivity contribution in [3.8, 4) is 44.5 Å². The Morgan fingerprint density at radius 2 is 1.00 bits per heavy atom. The lowest BCUT2D eigenvalue weighted by Gasteiger charge is -2.57. The Labute approximate surface area is 368 Å². The van der Waals surface area contributed by atoms with E-state index in [1.807, 2.05) is 0 Å². The zero-order valence-corrected chi connectivity index (χ0v) is 36.2. The van der Waals surface area contributed by atoms with Crippen LogP contribution in [-0.4, -0.2) is 0 Å². The first-order valence-electron chi connectivity index (χ1n) is 23.3. The van der Waals surface area contributed by atoms with E-state index in [0.717, 1.165) is 42.0 Å². The third kappa shape index (κ3) is 6.26. The maximum Gasteiger partial charge on any atom is 0.0618 e. The van der Waals surface area contributed by atoms with E-state index in [4.69, 9.17) is 0 Å². The summed E-state index contributed by atoms with van der Waals surface area (Å²) in [6.45, 7) is 4.78. The SMILES string of the molecule is CC1(C)c2ccccc2-c2ccc(N(c3ccc(-c4ccc(C56CC7CC(CC(C7)C5)C6)cc4)cc3)c3c(-c4ccccc4)cc(C4=CCCC=C4)cc3-c3ccccc3)cc21. The Morgan fingerprint density at radius 3 is 1.60 bits per heavy atom. The fourth-order valence-corrected chi connectivity index (χ4v) is 13.1. The normalized spacial score (nSPS) is 22.5. The minimum Gasteiger partial charge on any atom is -0.309 e. The van der Waals surface area contributed by atoms with Gasteiger partial charge in [-0.3, -0.25) is 0 Å². The maximum atomic E-state index is 2.55. The minimum atomic E-state index is -0.131. The molecule has 0 heterocycles. The smallest absolute Gasteiger partial charge is 0.0618 e. The summed E-state index contributed by atoms with van der Waals surface area (Å²) < 4.78 is 0. The topological polar surface area (TPSA) is 3.24 Å². The molecule has 4 fully saturated rings. The molecule has 7 aromatic rings. The van der Waals surface area contributed by atoms with Crippen molar-refractivity contribution in [2.45, 2.75) is 76.0 Å². The van der Waals surface area contributed by atoms with Crippen LogP contribution in [0.3, 0.4) is 0 Å². The number of rotatable bonds is 8. The van der Waals surface area contributed by atoms with Crippen molar-refractivity contribution in [3.05, 3.63) is 204 Å². The van der Waals surface area contributed by atoms with Crippen molar-refractivity contribution in [2.24, 2.45) is 17.8 Å². The van der Waals surface area contributed by atoms with E-state index in [9.17, 15) is 0 Å². The monoisotopic (exact) mass is 801 g/mol. The average Bonchev–Trinajstić information content (AvgIpc) is 3.55. The van der Waals surface area contributed by atoms with Crippen molar-refractivity contribution in [1.29, 1.82) is 0 Å². The molecule has 4 bridgehead atoms. The lowest BCUT2D eigenvalue weighted by Crippen LogP contribution is -2.48. The number of benzene rings is 7. The van der Waals surface area contributed by atoms with Crippen LogP contribution in [0.15, 0.2) is 182 Å². The second-order valence-electron chi connectivity index (χ2n) is 19.8. The number of nitrogens with zero attached hydrogens (tertiary/aromatic N) is 1. The van der Waals surface area contributed by atoms with Gasteiger partial charge in [-0.15, -0.1) is 0 Å². The predicted octanol–water partition coefficient (Wildman–Crippen LogP) is 16.7. The highest BCUT2D eigenvalue weighted by atomic mass is 15.1. The molecule has 0 unspecified atom stereocenters. The number of hydrogen-bond acceptors (Lipinski definition) is 1. The summed E-state index contributed by atoms with van der Waals surface area (Å²) in [5, 5.41) is 0. The second kappa shape index (κ2) is 14.7. The first kappa shape index (κ1) is 37.6. The lowest BCUT2D eigenvalue weighted by atomic mass is 9.48. The standard InChI is InChI=1S/C61H55N/c1-60(2)57-21-13-12-20-53(57)54-31-30-52(37-58(54)60)62(51-28-24-46(25-29-51)45-22-26-50(27-23-45)61-38-41-32-42(39-61)34-43(33-41)40-61)59-55(47-16-8-4-9-17-47)35-49(44-14-6-3-7-15-44)36-56(59)48-18-10-5-11-19-48/h4-6,8-31,35-37,41-43H,3,7,32-34,38-40H2,1-2H3. The van der Waals surface area contributed by atoms with Gasteiger partial charge in [0.05, 0.1) is 5.69 Å². The highest BCUT2D eigenvalue weighted by molar-refractivity contribution is 6.00. The molecule has 0 atom stereocenters. The molecule has 62 heavy (non-hydrogen) atoms. The Bertz CT molecular complexity index is 2780. The van der Waals surface area contributed by atoms with Gasteiger partial charge in [-0.1, -0.05) is 159 Å². The van der Waals surface area contributed by atoms with Crippen molar-refractivity contribution >= 4 is 22.6 Å². The molecule has 6 aliphatic rings. The van der Waals surface area contributed by atoms with E-state index in [1.54, 1.807) is 5.56 Å². The Hall–Kier alpha value is -6.18. The van der Waals surface area contributed by atoms with Gasteiger partial charge in [0.2, 0.25) is 0 Å². The molecule has 6 aliphatic carbocycles. The molecule has 4 saturated carbocycles. The van der Waals surface area contributed by atoms with Gasteiger partial charge >= 0.3 is 0 Å². The summed E-state index contributed by atoms with van der Waals surface area (Å²) in [6.07, 6.45) is 17.9. The van der Waals surface area contributed by atoms with Gasteiger partial charge in [0.25, 0.3) is 0 Å². The summed E-state index contributed by atoms with van der Waals surface area (Å²) in [5.74, 6) is 2.85. The van der Waals surface area contributed by atoms with Crippen molar-refractivity contribution in [2.75, 3.05) is 4.90 Å². The fourth-order valence-electron chi connectivity index (χ4n) is 13.1. The van der Waals surface area contributed by atoms with Crippen molar-refractivity contribution < 1.29 is 0 Å². The van der Waals surface area contributed by atoms with E-state index >= 15 is 0 Å². The zero-order chi connectivity index (χ0) is 41.4. The molecule has 0 aliphatic heterocycles. The summed E-state index contributed by atoms with van der Waals surface area (Å²) in [6, 6.07) is 62.4. The Kier molecular flexibility index (Phi) is 8.93. The maximum absolute atomic E-state index is 2.55. The first-order chi connectivity index (χ1) is 30.4. The van der Waals surface area contributed by atoms with Gasteiger partial charge in [-0.05, 0) is 172 Å². The second-order valence-corrected chi connectivity index (χ2v) is 19.8. The Morgan fingerprint density at radius 1 is 0.452 bits per heavy atom. The quantitative estimate of drug-likeness (QED) is 0.148. The lowest BCUT2D eigenvalue weighted by molar-refractivity contribution is -0.00518. The van der Waals surface area contributed by atoms with Crippen LogP contribution in [0.2, 0.25) is 0 Å². The molecule has 1 heteroatoms. The van der Waals surface area contributed by atoms with Crippen LogP contribution in [-0.2, 0) is 10.8 Å². The molecule has 0 spiro atoms. The van der Waals surface area contributed by atoms with Gasteiger partial charge in [-0.2, -0.15) is 0 Å². The molecule has 13 rings (SSSR count). The van der Waals surface area contributed by atoms with Gasteiger partial charge < -0.3 is 4.90 Å². The third-order valence-electron chi connectivity index (χ3n) is 15.7. The van der Waals surface area contributed by atoms with Gasteiger partial charge in [-0.25, -0.2) is 0 Å². The molecule has 0 amide bonds. The predicted molar refractivity (Wildman–Crippen MR) is 261 cm³/mol. The first-order valence-corrected chi connectivity index (χ1v) is 23.3. The van der Waals surface area contributed by atoms with Crippen LogP contribution in [0.5, 0.6) is 0 Å². The molecule has 0 saturated heterocycles. The van der Waals surface area contributed by atoms with Crippen LogP contribution < -0.4 is 4.90 Å². The van der Waals surface area contributed by atoms with Crippen LogP contribution in [0.25, 0.3) is 50.1 Å². The highest BCUT2D eigenvalue weighted by Crippen LogP contribution is 2.61. The zero-order valence-electron chi connectivity index (χ0n) is 36.2. The molecule has 304 valence electrons. The van der Waals surface area contributed by atoms with Gasteiger partial charge in [0.1, 0.15) is 0 Å². The van der Waals surface area contributed by atoms with Crippen LogP contribution >= 0.6 is 0 Å². The van der Waals surface area contributed by atoms with Crippen LogP contribution in [0, 0.1) is 17.8 Å². The molecule has 0 radical (unpaired) electrons. The van der Waals surface area contributed by atoms with Gasteiger partial charge in [0, 0.05) is 27.9 Å². The van der Waals surface area contributed by atoms with Crippen molar-refractivity contribution in [3.63, 3.8) is 0 Å². The van der Waals surface area contributed by atoms with Crippen LogP contribution in [0.4, 0.5) is 17.1 Å². The average molecular weight is 802 g/mol. The molecule has 0 aromatic heterocycles. The minimum absolute atomic E-state index is 0.131.